The molecule has 0 fully saturated rings. The molecule has 0 atom stereocenters. The van der Waals surface area contributed by atoms with Crippen molar-refractivity contribution in [2.24, 2.45) is 0 Å². The molecule has 0 bridgehead atoms. The van der Waals surface area contributed by atoms with E-state index in [2.05, 4.69) is 9.97 Å². The van der Waals surface area contributed by atoms with Crippen LogP contribution in [0, 0.1) is 0 Å². The van der Waals surface area contributed by atoms with Gasteiger partial charge in [0.05, 0.1) is 16.1 Å². The van der Waals surface area contributed by atoms with E-state index in [-0.39, 0.29) is 0 Å². The fourth-order valence-corrected chi connectivity index (χ4v) is 2.07. The number of aromatic nitrogens is 2. The van der Waals surface area contributed by atoms with Crippen LogP contribution in [-0.2, 0) is 0 Å². The van der Waals surface area contributed by atoms with Gasteiger partial charge in [0.25, 0.3) is 0 Å². The van der Waals surface area contributed by atoms with Gasteiger partial charge >= 0.3 is 0 Å². The summed E-state index contributed by atoms with van der Waals surface area (Å²) in [6.07, 6.45) is 1.64. The van der Waals surface area contributed by atoms with Gasteiger partial charge in [-0.3, -0.25) is 4.98 Å². The number of benzene rings is 1. The maximum atomic E-state index is 5.90. The zero-order valence-electron chi connectivity index (χ0n) is 8.11. The topological polar surface area (TPSA) is 25.8 Å². The highest BCUT2D eigenvalue weighted by Gasteiger charge is 2.03. The van der Waals surface area contributed by atoms with Gasteiger partial charge in [0.1, 0.15) is 5.15 Å². The molecule has 0 aliphatic carbocycles. The first-order chi connectivity index (χ1) is 7.74. The SMILES string of the molecule is Clc1cnc2c(ccc3nc(Cl)ccc32)c1. The molecule has 0 radical (unpaired) electrons. The van der Waals surface area contributed by atoms with Crippen LogP contribution in [0.4, 0.5) is 0 Å². The lowest BCUT2D eigenvalue weighted by Gasteiger charge is -2.02. The maximum Gasteiger partial charge on any atom is 0.129 e. The van der Waals surface area contributed by atoms with Crippen LogP contribution in [0.25, 0.3) is 21.8 Å². The average Bonchev–Trinajstić information content (AvgIpc) is 2.28. The van der Waals surface area contributed by atoms with Crippen molar-refractivity contribution in [2.45, 2.75) is 0 Å². The average molecular weight is 249 g/mol. The number of fused-ring (bicyclic) bond motifs is 3. The fourth-order valence-electron chi connectivity index (χ4n) is 1.75. The highest BCUT2D eigenvalue weighted by molar-refractivity contribution is 6.31. The van der Waals surface area contributed by atoms with Crippen molar-refractivity contribution < 1.29 is 0 Å². The van der Waals surface area contributed by atoms with E-state index in [1.165, 1.54) is 0 Å². The summed E-state index contributed by atoms with van der Waals surface area (Å²) in [5.41, 5.74) is 1.74. The summed E-state index contributed by atoms with van der Waals surface area (Å²) in [4.78, 5) is 8.56. The molecule has 16 heavy (non-hydrogen) atoms. The van der Waals surface area contributed by atoms with Crippen LogP contribution in [0.2, 0.25) is 10.2 Å². The van der Waals surface area contributed by atoms with E-state index in [0.29, 0.717) is 10.2 Å². The Morgan fingerprint density at radius 1 is 1.00 bits per heavy atom. The Morgan fingerprint density at radius 3 is 2.75 bits per heavy atom. The number of hydrogen-bond donors (Lipinski definition) is 0. The van der Waals surface area contributed by atoms with Crippen LogP contribution in [0.3, 0.4) is 0 Å². The minimum absolute atomic E-state index is 0.487. The molecule has 0 spiro atoms. The summed E-state index contributed by atoms with van der Waals surface area (Å²) in [6.45, 7) is 0. The smallest absolute Gasteiger partial charge is 0.129 e. The number of pyridine rings is 2. The van der Waals surface area contributed by atoms with Gasteiger partial charge in [-0.05, 0) is 24.3 Å². The molecular weight excluding hydrogens is 243 g/mol. The highest BCUT2D eigenvalue weighted by Crippen LogP contribution is 2.25. The summed E-state index contributed by atoms with van der Waals surface area (Å²) in [6, 6.07) is 9.44. The van der Waals surface area contributed by atoms with E-state index in [4.69, 9.17) is 23.2 Å². The number of halogens is 2. The lowest BCUT2D eigenvalue weighted by atomic mass is 10.1. The van der Waals surface area contributed by atoms with Crippen molar-refractivity contribution in [3.8, 4) is 0 Å². The minimum Gasteiger partial charge on any atom is -0.254 e. The quantitative estimate of drug-likeness (QED) is 0.443. The summed E-state index contributed by atoms with van der Waals surface area (Å²) in [7, 11) is 0. The Bertz CT molecular complexity index is 634. The molecule has 0 unspecified atom stereocenters. The monoisotopic (exact) mass is 248 g/mol. The van der Waals surface area contributed by atoms with Crippen molar-refractivity contribution in [3.63, 3.8) is 0 Å². The number of rotatable bonds is 0. The van der Waals surface area contributed by atoms with Crippen molar-refractivity contribution in [1.82, 2.24) is 9.97 Å². The molecule has 3 aromatic rings. The molecule has 0 aliphatic rings. The third-order valence-corrected chi connectivity index (χ3v) is 2.87. The molecule has 2 heterocycles. The Morgan fingerprint density at radius 2 is 1.88 bits per heavy atom. The molecule has 3 rings (SSSR count). The Labute approximate surface area is 102 Å². The van der Waals surface area contributed by atoms with Crippen LogP contribution < -0.4 is 0 Å². The molecule has 0 amide bonds. The van der Waals surface area contributed by atoms with Crippen molar-refractivity contribution >= 4 is 45.0 Å². The summed E-state index contributed by atoms with van der Waals surface area (Å²) < 4.78 is 0. The van der Waals surface area contributed by atoms with E-state index in [9.17, 15) is 0 Å². The van der Waals surface area contributed by atoms with Gasteiger partial charge < -0.3 is 0 Å². The standard InChI is InChI=1S/C12H6Cl2N2/c13-8-5-7-1-3-10-9(12(7)15-6-8)2-4-11(14)16-10/h1-6H. The molecule has 78 valence electrons. The molecule has 2 nitrogen and oxygen atoms in total. The Hall–Kier alpha value is -1.38. The highest BCUT2D eigenvalue weighted by atomic mass is 35.5. The number of nitrogens with zero attached hydrogens (tertiary/aromatic N) is 2. The second-order valence-electron chi connectivity index (χ2n) is 3.49. The van der Waals surface area contributed by atoms with Crippen LogP contribution in [0.1, 0.15) is 0 Å². The second-order valence-corrected chi connectivity index (χ2v) is 4.32. The first-order valence-corrected chi connectivity index (χ1v) is 5.50. The van der Waals surface area contributed by atoms with E-state index in [0.717, 1.165) is 21.8 Å². The van der Waals surface area contributed by atoms with Gasteiger partial charge in [-0.15, -0.1) is 0 Å². The lowest BCUT2D eigenvalue weighted by Crippen LogP contribution is -1.84. The van der Waals surface area contributed by atoms with Gasteiger partial charge in [-0.25, -0.2) is 4.98 Å². The first-order valence-electron chi connectivity index (χ1n) is 4.74. The molecule has 0 saturated carbocycles. The van der Waals surface area contributed by atoms with Crippen LogP contribution in [0.15, 0.2) is 36.5 Å². The summed E-state index contributed by atoms with van der Waals surface area (Å²) in [5.74, 6) is 0. The Balaban J connectivity index is 2.50. The van der Waals surface area contributed by atoms with Crippen LogP contribution in [0.5, 0.6) is 0 Å². The third kappa shape index (κ3) is 1.51. The van der Waals surface area contributed by atoms with E-state index in [1.807, 2.05) is 24.3 Å². The molecular formula is C12H6Cl2N2. The third-order valence-electron chi connectivity index (χ3n) is 2.45. The minimum atomic E-state index is 0.487. The molecule has 4 heteroatoms. The number of hydrogen-bond acceptors (Lipinski definition) is 2. The van der Waals surface area contributed by atoms with Gasteiger partial charge in [0.2, 0.25) is 0 Å². The fraction of sp³-hybridized carbons (Fsp3) is 0. The normalized spacial score (nSPS) is 11.1. The molecule has 1 aromatic carbocycles. The van der Waals surface area contributed by atoms with E-state index < -0.39 is 0 Å². The second kappa shape index (κ2) is 3.58. The van der Waals surface area contributed by atoms with Crippen molar-refractivity contribution in [3.05, 3.63) is 46.7 Å². The van der Waals surface area contributed by atoms with E-state index in [1.54, 1.807) is 12.3 Å². The van der Waals surface area contributed by atoms with Gasteiger partial charge in [0, 0.05) is 17.0 Å². The zero-order chi connectivity index (χ0) is 11.1. The predicted octanol–water partition coefficient (Wildman–Crippen LogP) is 4.09. The van der Waals surface area contributed by atoms with Crippen LogP contribution >= 0.6 is 23.2 Å². The molecule has 0 saturated heterocycles. The summed E-state index contributed by atoms with van der Waals surface area (Å²) in [5, 5.41) is 3.11. The van der Waals surface area contributed by atoms with Gasteiger partial charge in [-0.1, -0.05) is 29.3 Å². The lowest BCUT2D eigenvalue weighted by molar-refractivity contribution is 1.39. The largest absolute Gasteiger partial charge is 0.254 e. The summed E-state index contributed by atoms with van der Waals surface area (Å²) >= 11 is 11.7. The van der Waals surface area contributed by atoms with Crippen molar-refractivity contribution in [2.75, 3.05) is 0 Å². The molecule has 0 N–H and O–H groups in total. The molecule has 2 aromatic heterocycles. The van der Waals surface area contributed by atoms with Gasteiger partial charge in [-0.2, -0.15) is 0 Å². The van der Waals surface area contributed by atoms with Gasteiger partial charge in [0.15, 0.2) is 0 Å². The zero-order valence-corrected chi connectivity index (χ0v) is 9.63. The first kappa shape index (κ1) is 9.82. The Kier molecular flexibility index (Phi) is 2.20. The maximum absolute atomic E-state index is 5.90. The predicted molar refractivity (Wildman–Crippen MR) is 67.1 cm³/mol. The van der Waals surface area contributed by atoms with Crippen LogP contribution in [-0.4, -0.2) is 9.97 Å². The van der Waals surface area contributed by atoms with Crippen molar-refractivity contribution in [1.29, 1.82) is 0 Å². The van der Waals surface area contributed by atoms with E-state index >= 15 is 0 Å². The molecule has 0 aliphatic heterocycles.